The first kappa shape index (κ1) is 34.4. The molecule has 2 N–H and O–H groups in total. The number of piperazine rings is 1. The van der Waals surface area contributed by atoms with Crippen molar-refractivity contribution in [3.8, 4) is 17.2 Å². The zero-order valence-corrected chi connectivity index (χ0v) is 27.3. The van der Waals surface area contributed by atoms with Crippen molar-refractivity contribution in [2.45, 2.75) is 50.0 Å². The molecule has 16 heteroatoms. The van der Waals surface area contributed by atoms with Gasteiger partial charge in [-0.15, -0.1) is 0 Å². The number of imidazole rings is 1. The van der Waals surface area contributed by atoms with Crippen LogP contribution in [-0.4, -0.2) is 126 Å². The van der Waals surface area contributed by atoms with E-state index in [4.69, 9.17) is 14.2 Å². The van der Waals surface area contributed by atoms with Gasteiger partial charge in [-0.2, -0.15) is 0 Å². The highest BCUT2D eigenvalue weighted by Crippen LogP contribution is 2.39. The van der Waals surface area contributed by atoms with Crippen LogP contribution in [0.3, 0.4) is 0 Å². The van der Waals surface area contributed by atoms with Gasteiger partial charge >= 0.3 is 5.69 Å². The Morgan fingerprint density at radius 2 is 1.49 bits per heavy atom. The second-order valence-corrected chi connectivity index (χ2v) is 13.3. The van der Waals surface area contributed by atoms with Crippen LogP contribution < -0.4 is 25.5 Å². The van der Waals surface area contributed by atoms with Gasteiger partial charge in [0.2, 0.25) is 5.75 Å². The first-order valence-electron chi connectivity index (χ1n) is 14.9. The Labute approximate surface area is 262 Å². The van der Waals surface area contributed by atoms with E-state index in [-0.39, 0.29) is 40.8 Å². The normalized spacial score (nSPS) is 16.2. The predicted molar refractivity (Wildman–Crippen MR) is 167 cm³/mol. The summed E-state index contributed by atoms with van der Waals surface area (Å²) in [4.78, 5) is 33.9. The summed E-state index contributed by atoms with van der Waals surface area (Å²) in [5.74, 6) is 0.214. The zero-order valence-electron chi connectivity index (χ0n) is 26.5. The molecule has 1 fully saturated rings. The number of nitrogens with zero attached hydrogens (tertiary/aromatic N) is 6. The summed E-state index contributed by atoms with van der Waals surface area (Å²) >= 11 is 0. The summed E-state index contributed by atoms with van der Waals surface area (Å²) in [6, 6.07) is 2.70. The fourth-order valence-electron chi connectivity index (χ4n) is 5.64. The van der Waals surface area contributed by atoms with Crippen molar-refractivity contribution < 1.29 is 32.8 Å². The molecular weight excluding hydrogens is 608 g/mol. The number of unbranched alkanes of at least 4 members (excludes halogenated alkanes) is 1. The number of aryl methyl sites for hydroxylation is 1. The van der Waals surface area contributed by atoms with Crippen LogP contribution in [-0.2, 0) is 30.0 Å². The van der Waals surface area contributed by atoms with E-state index in [1.165, 1.54) is 51.4 Å². The maximum atomic E-state index is 13.1. The molecule has 15 nitrogen and oxygen atoms in total. The lowest BCUT2D eigenvalue weighted by atomic mass is 10.2. The molecule has 1 aromatic carbocycles. The van der Waals surface area contributed by atoms with Crippen molar-refractivity contribution in [3.05, 3.63) is 39.3 Å². The molecule has 2 unspecified atom stereocenters. The Kier molecular flexibility index (Phi) is 11.3. The standard InChI is InChI=1S/C29H44N6O9S/c1-6-7-8-35-27-25(28(38)31(2)29(35)39)34(19-30-27)17-20(36)15-32-9-11-33(12-10-32)16-21(37)18-45(40,41)22-13-23(42-3)26(44-5)24(14-22)43-4/h13-14,19-21,36-37H,6-12,15-18H2,1-5H3. The van der Waals surface area contributed by atoms with Gasteiger partial charge in [-0.05, 0) is 6.42 Å². The number of hydrogen-bond donors (Lipinski definition) is 2. The molecule has 4 rings (SSSR count). The average Bonchev–Trinajstić information content (AvgIpc) is 3.42. The zero-order chi connectivity index (χ0) is 32.9. The van der Waals surface area contributed by atoms with Crippen molar-refractivity contribution in [2.75, 3.05) is 66.4 Å². The lowest BCUT2D eigenvalue weighted by Crippen LogP contribution is -2.51. The first-order chi connectivity index (χ1) is 21.4. The molecule has 1 saturated heterocycles. The van der Waals surface area contributed by atoms with Crippen molar-refractivity contribution in [1.82, 2.24) is 28.5 Å². The summed E-state index contributed by atoms with van der Waals surface area (Å²) in [5.41, 5.74) is -0.254. The molecule has 0 saturated carbocycles. The van der Waals surface area contributed by atoms with Gasteiger partial charge in [0.1, 0.15) is 0 Å². The highest BCUT2D eigenvalue weighted by atomic mass is 32.2. The van der Waals surface area contributed by atoms with Crippen LogP contribution in [0.1, 0.15) is 19.8 Å². The molecule has 250 valence electrons. The van der Waals surface area contributed by atoms with Crippen LogP contribution in [0, 0.1) is 0 Å². The SMILES string of the molecule is CCCCn1c(=O)n(C)c(=O)c2c1ncn2CC(O)CN1CCN(CC(O)CS(=O)(=O)c2cc(OC)c(OC)c(OC)c2)CC1. The third-order valence-corrected chi connectivity index (χ3v) is 9.83. The molecule has 1 aliphatic heterocycles. The number of ether oxygens (including phenoxy) is 3. The summed E-state index contributed by atoms with van der Waals surface area (Å²) in [6.07, 6.45) is 1.22. The van der Waals surface area contributed by atoms with Crippen molar-refractivity contribution >= 4 is 21.0 Å². The largest absolute Gasteiger partial charge is 0.493 e. The first-order valence-corrected chi connectivity index (χ1v) is 16.6. The smallest absolute Gasteiger partial charge is 0.332 e. The van der Waals surface area contributed by atoms with E-state index in [9.17, 15) is 28.2 Å². The van der Waals surface area contributed by atoms with E-state index in [1.807, 2.05) is 11.8 Å². The van der Waals surface area contributed by atoms with Crippen molar-refractivity contribution in [2.24, 2.45) is 7.05 Å². The van der Waals surface area contributed by atoms with Crippen LogP contribution in [0.25, 0.3) is 11.2 Å². The molecule has 45 heavy (non-hydrogen) atoms. The Balaban J connectivity index is 1.32. The second kappa shape index (κ2) is 14.8. The van der Waals surface area contributed by atoms with Gasteiger partial charge in [0.05, 0.1) is 57.1 Å². The number of fused-ring (bicyclic) bond motifs is 1. The fraction of sp³-hybridized carbons (Fsp3) is 0.621. The van der Waals surface area contributed by atoms with E-state index in [2.05, 4.69) is 9.88 Å². The quantitative estimate of drug-likeness (QED) is 0.217. The number of hydrogen-bond acceptors (Lipinski definition) is 12. The molecule has 0 radical (unpaired) electrons. The highest BCUT2D eigenvalue weighted by Gasteiger charge is 2.27. The number of aliphatic hydroxyl groups is 2. The van der Waals surface area contributed by atoms with Crippen molar-refractivity contribution in [1.29, 1.82) is 0 Å². The van der Waals surface area contributed by atoms with Crippen molar-refractivity contribution in [3.63, 3.8) is 0 Å². The molecule has 3 heterocycles. The van der Waals surface area contributed by atoms with Gasteiger partial charge in [0.25, 0.3) is 5.56 Å². The van der Waals surface area contributed by atoms with Gasteiger partial charge in [0.15, 0.2) is 32.5 Å². The molecule has 2 atom stereocenters. The van der Waals surface area contributed by atoms with E-state index in [0.717, 1.165) is 17.4 Å². The molecule has 0 aliphatic carbocycles. The summed E-state index contributed by atoms with van der Waals surface area (Å²) < 4.78 is 46.2. The van der Waals surface area contributed by atoms with Crippen LogP contribution in [0.15, 0.2) is 32.9 Å². The molecule has 1 aliphatic rings. The number of methoxy groups -OCH3 is 3. The lowest BCUT2D eigenvalue weighted by molar-refractivity contribution is 0.0486. The minimum atomic E-state index is -3.87. The second-order valence-electron chi connectivity index (χ2n) is 11.3. The van der Waals surface area contributed by atoms with Gasteiger partial charge in [-0.3, -0.25) is 23.7 Å². The van der Waals surface area contributed by atoms with Crippen LogP contribution >= 0.6 is 0 Å². The Morgan fingerprint density at radius 3 is 2.02 bits per heavy atom. The van der Waals surface area contributed by atoms with Gasteiger partial charge in [-0.25, -0.2) is 18.2 Å². The number of rotatable bonds is 15. The number of aromatic nitrogens is 4. The molecular formula is C29H44N6O9S. The molecule has 0 spiro atoms. The van der Waals surface area contributed by atoms with Gasteiger partial charge in [-0.1, -0.05) is 13.3 Å². The maximum absolute atomic E-state index is 13.1. The molecule has 0 amide bonds. The minimum Gasteiger partial charge on any atom is -0.493 e. The van der Waals surface area contributed by atoms with Gasteiger partial charge in [0, 0.05) is 65.0 Å². The predicted octanol–water partition coefficient (Wildman–Crippen LogP) is -0.464. The molecule has 2 aromatic heterocycles. The number of aliphatic hydroxyl groups excluding tert-OH is 2. The van der Waals surface area contributed by atoms with E-state index >= 15 is 0 Å². The minimum absolute atomic E-state index is 0.0392. The Bertz CT molecular complexity index is 1670. The van der Waals surface area contributed by atoms with Gasteiger partial charge < -0.3 is 29.0 Å². The summed E-state index contributed by atoms with van der Waals surface area (Å²) in [6.45, 7) is 5.49. The van der Waals surface area contributed by atoms with Crippen LogP contribution in [0.4, 0.5) is 0 Å². The van der Waals surface area contributed by atoms with Crippen LogP contribution in [0.5, 0.6) is 17.2 Å². The maximum Gasteiger partial charge on any atom is 0.332 e. The van der Waals surface area contributed by atoms with E-state index < -0.39 is 39.0 Å². The highest BCUT2D eigenvalue weighted by molar-refractivity contribution is 7.91. The van der Waals surface area contributed by atoms with E-state index in [1.54, 1.807) is 4.57 Å². The number of β-amino-alcohol motifs (C(OH)–C–C–N with tert-alkyl or cyclic N) is 2. The third-order valence-electron chi connectivity index (χ3n) is 8.05. The summed E-state index contributed by atoms with van der Waals surface area (Å²) in [5, 5.41) is 21.6. The van der Waals surface area contributed by atoms with Crippen LogP contribution in [0.2, 0.25) is 0 Å². The average molecular weight is 653 g/mol. The Morgan fingerprint density at radius 1 is 0.911 bits per heavy atom. The number of sulfone groups is 1. The van der Waals surface area contributed by atoms with E-state index in [0.29, 0.717) is 44.9 Å². The fourth-order valence-corrected chi connectivity index (χ4v) is 7.01. The third kappa shape index (κ3) is 7.69. The topological polar surface area (TPSA) is 171 Å². The Hall–Kier alpha value is -3.44. The number of benzene rings is 1. The monoisotopic (exact) mass is 652 g/mol. The molecule has 3 aromatic rings. The summed E-state index contributed by atoms with van der Waals surface area (Å²) in [7, 11) is 1.80. The lowest BCUT2D eigenvalue weighted by Gasteiger charge is -2.36. The molecule has 0 bridgehead atoms.